The summed E-state index contributed by atoms with van der Waals surface area (Å²) in [6.45, 7) is 0. The average Bonchev–Trinajstić information content (AvgIpc) is 1.76. The van der Waals surface area contributed by atoms with E-state index in [4.69, 9.17) is 0 Å². The van der Waals surface area contributed by atoms with Crippen molar-refractivity contribution in [2.45, 2.75) is 6.42 Å². The maximum Gasteiger partial charge on any atom is 0 e. The summed E-state index contributed by atoms with van der Waals surface area (Å²) < 4.78 is 0. The van der Waals surface area contributed by atoms with E-state index in [-0.39, 0.29) is 76.6 Å². The molecule has 0 N–H and O–H groups in total. The molecule has 1 aliphatic carbocycles. The quantitative estimate of drug-likeness (QED) is 0.447. The molecule has 0 fully saturated rings. The van der Waals surface area contributed by atoms with Crippen LogP contribution in [0.1, 0.15) is 6.42 Å². The molecule has 0 aromatic heterocycles. The van der Waals surface area contributed by atoms with Gasteiger partial charge in [-0.3, -0.25) is 6.08 Å². The molecule has 0 saturated heterocycles. The van der Waals surface area contributed by atoms with Gasteiger partial charge in [0.25, 0.3) is 0 Å². The largest absolute Gasteiger partial charge is 0.358 e. The SMILES string of the molecule is [C-]1=CC=CC1.[CH3-].[CH3-].[CH3-].[CH3-].[CH3-].[CH3-].[Pt].[SiH3]. The first kappa shape index (κ1) is 70.8. The average molecular weight is 381 g/mol. The van der Waals surface area contributed by atoms with Gasteiger partial charge in [0.05, 0.1) is 0 Å². The van der Waals surface area contributed by atoms with Gasteiger partial charge in [0.15, 0.2) is 0 Å². The minimum atomic E-state index is 0. The van der Waals surface area contributed by atoms with Gasteiger partial charge in [0, 0.05) is 21.1 Å². The van der Waals surface area contributed by atoms with Gasteiger partial charge in [0.2, 0.25) is 0 Å². The molecule has 0 amide bonds. The van der Waals surface area contributed by atoms with Crippen molar-refractivity contribution in [2.24, 2.45) is 0 Å². The molecular weight excluding hydrogens is 355 g/mol. The van der Waals surface area contributed by atoms with E-state index in [1.54, 1.807) is 0 Å². The molecule has 2 heteroatoms. The smallest absolute Gasteiger partial charge is 0 e. The summed E-state index contributed by atoms with van der Waals surface area (Å²) in [7, 11) is 0. The second kappa shape index (κ2) is 55.4. The van der Waals surface area contributed by atoms with Crippen LogP contribution in [-0.4, -0.2) is 11.0 Å². The van der Waals surface area contributed by atoms with E-state index in [1.165, 1.54) is 0 Å². The molecule has 0 spiro atoms. The molecule has 0 aromatic rings. The van der Waals surface area contributed by atoms with E-state index in [2.05, 4.69) is 12.2 Å². The Morgan fingerprint density at radius 2 is 1.23 bits per heavy atom. The van der Waals surface area contributed by atoms with Crippen LogP contribution in [0.2, 0.25) is 0 Å². The van der Waals surface area contributed by atoms with Gasteiger partial charge >= 0.3 is 0 Å². The summed E-state index contributed by atoms with van der Waals surface area (Å²) in [6, 6.07) is 0. The Labute approximate surface area is 107 Å². The Morgan fingerprint density at radius 3 is 1.31 bits per heavy atom. The first-order chi connectivity index (χ1) is 2.50. The topological polar surface area (TPSA) is 0 Å². The maximum atomic E-state index is 2.99. The molecule has 0 aliphatic heterocycles. The van der Waals surface area contributed by atoms with E-state index < -0.39 is 0 Å². The Hall–Kier alpha value is 0.385. The summed E-state index contributed by atoms with van der Waals surface area (Å²) in [5.74, 6) is 0. The molecule has 0 heterocycles. The summed E-state index contributed by atoms with van der Waals surface area (Å²) >= 11 is 0. The predicted octanol–water partition coefficient (Wildman–Crippen LogP) is 2.82. The second-order valence-electron chi connectivity index (χ2n) is 1.00. The van der Waals surface area contributed by atoms with Crippen molar-refractivity contribution >= 4 is 11.0 Å². The van der Waals surface area contributed by atoms with E-state index in [0.29, 0.717) is 0 Å². The van der Waals surface area contributed by atoms with Gasteiger partial charge in [0.1, 0.15) is 0 Å². The number of hydrogen-bond donors (Lipinski definition) is 0. The summed E-state index contributed by atoms with van der Waals surface area (Å²) in [6.07, 6.45) is 10.0. The Balaban J connectivity index is -0.00000000521. The molecular formula is C11H26PtSi-7. The molecule has 0 unspecified atom stereocenters. The van der Waals surface area contributed by atoms with Crippen LogP contribution in [0.25, 0.3) is 0 Å². The molecule has 0 nitrogen and oxygen atoms in total. The monoisotopic (exact) mass is 381 g/mol. The molecule has 1 aliphatic rings. The molecule has 13 heavy (non-hydrogen) atoms. The van der Waals surface area contributed by atoms with Gasteiger partial charge < -0.3 is 44.6 Å². The second-order valence-corrected chi connectivity index (χ2v) is 1.00. The zero-order chi connectivity index (χ0) is 3.54. The normalized spacial score (nSPS) is 6.77. The van der Waals surface area contributed by atoms with E-state index in [0.717, 1.165) is 6.42 Å². The third kappa shape index (κ3) is 46.1. The molecule has 0 atom stereocenters. The maximum absolute atomic E-state index is 2.99. The Bertz CT molecular complexity index is 68.2. The van der Waals surface area contributed by atoms with Crippen molar-refractivity contribution in [1.82, 2.24) is 0 Å². The van der Waals surface area contributed by atoms with Gasteiger partial charge in [-0.25, -0.2) is 12.2 Å². The standard InChI is InChI=1S/C5H5.6CH3.Pt.H3Si/c1-2-4-5-3-1;;;;;;;;/h1-3H,4H2;6*1H3;;1H3/q7*-1;;. The minimum absolute atomic E-state index is 0. The summed E-state index contributed by atoms with van der Waals surface area (Å²) in [4.78, 5) is 0. The fourth-order valence-corrected chi connectivity index (χ4v) is 0.340. The number of allylic oxidation sites excluding steroid dienone is 4. The van der Waals surface area contributed by atoms with Crippen LogP contribution >= 0.6 is 0 Å². The van der Waals surface area contributed by atoms with Crippen LogP contribution in [0.5, 0.6) is 0 Å². The zero-order valence-electron chi connectivity index (χ0n) is 10.3. The molecule has 1 rings (SSSR count). The van der Waals surface area contributed by atoms with Crippen molar-refractivity contribution in [1.29, 1.82) is 0 Å². The van der Waals surface area contributed by atoms with Crippen molar-refractivity contribution in [3.8, 4) is 0 Å². The number of rotatable bonds is 0. The van der Waals surface area contributed by atoms with Crippen LogP contribution in [0.3, 0.4) is 0 Å². The third-order valence-electron chi connectivity index (χ3n) is 0.586. The van der Waals surface area contributed by atoms with E-state index in [9.17, 15) is 0 Å². The van der Waals surface area contributed by atoms with E-state index >= 15 is 0 Å². The van der Waals surface area contributed by atoms with Crippen LogP contribution in [-0.2, 0) is 21.1 Å². The Kier molecular flexibility index (Phi) is 301. The van der Waals surface area contributed by atoms with Crippen LogP contribution in [0.4, 0.5) is 0 Å². The Morgan fingerprint density at radius 1 is 0.846 bits per heavy atom. The van der Waals surface area contributed by atoms with Crippen LogP contribution in [0, 0.1) is 50.6 Å². The molecule has 0 bridgehead atoms. The third-order valence-corrected chi connectivity index (χ3v) is 0.586. The minimum Gasteiger partial charge on any atom is -0.358 e. The number of hydrogen-bond acceptors (Lipinski definition) is 0. The first-order valence-corrected chi connectivity index (χ1v) is 1.72. The van der Waals surface area contributed by atoms with Gasteiger partial charge in [-0.2, -0.15) is 6.08 Å². The van der Waals surface area contributed by atoms with Gasteiger partial charge in [-0.05, 0) is 11.0 Å². The molecule has 0 aromatic carbocycles. The molecule has 1 radical (unpaired) electrons. The molecule has 91 valence electrons. The first-order valence-electron chi connectivity index (χ1n) is 1.72. The summed E-state index contributed by atoms with van der Waals surface area (Å²) in [5, 5.41) is 0. The summed E-state index contributed by atoms with van der Waals surface area (Å²) in [5.41, 5.74) is 0. The van der Waals surface area contributed by atoms with Crippen molar-refractivity contribution in [3.63, 3.8) is 0 Å². The predicted molar refractivity (Wildman–Crippen MR) is 70.0 cm³/mol. The van der Waals surface area contributed by atoms with Crippen molar-refractivity contribution < 1.29 is 21.1 Å². The molecule has 0 saturated carbocycles. The van der Waals surface area contributed by atoms with Gasteiger partial charge in [-0.1, -0.05) is 0 Å². The van der Waals surface area contributed by atoms with Gasteiger partial charge in [-0.15, -0.1) is 6.42 Å². The zero-order valence-corrected chi connectivity index (χ0v) is 14.5. The van der Waals surface area contributed by atoms with Crippen molar-refractivity contribution in [2.75, 3.05) is 0 Å². The van der Waals surface area contributed by atoms with Crippen LogP contribution < -0.4 is 0 Å². The van der Waals surface area contributed by atoms with E-state index in [1.807, 2.05) is 12.2 Å². The fourth-order valence-electron chi connectivity index (χ4n) is 0.340. The van der Waals surface area contributed by atoms with Crippen molar-refractivity contribution in [3.05, 3.63) is 68.9 Å². The van der Waals surface area contributed by atoms with Crippen LogP contribution in [0.15, 0.2) is 18.2 Å². The fraction of sp³-hybridized carbons (Fsp3) is 0.0909.